The van der Waals surface area contributed by atoms with E-state index in [1.807, 2.05) is 55.1 Å². The number of thiocarbonyl (C=S) groups is 1. The lowest BCUT2D eigenvalue weighted by Crippen LogP contribution is -2.35. The van der Waals surface area contributed by atoms with E-state index in [2.05, 4.69) is 4.90 Å². The second kappa shape index (κ2) is 9.32. The molecule has 6 nitrogen and oxygen atoms in total. The lowest BCUT2D eigenvalue weighted by atomic mass is 10.1. The van der Waals surface area contributed by atoms with Crippen LogP contribution in [-0.4, -0.2) is 49.1 Å². The van der Waals surface area contributed by atoms with Gasteiger partial charge in [-0.2, -0.15) is 11.8 Å². The monoisotopic (exact) mass is 494 g/mol. The molecule has 2 aromatic heterocycles. The number of rotatable bonds is 4. The summed E-state index contributed by atoms with van der Waals surface area (Å²) in [7, 11) is 0. The fourth-order valence-electron chi connectivity index (χ4n) is 3.88. The summed E-state index contributed by atoms with van der Waals surface area (Å²) >= 11 is 8.65. The van der Waals surface area contributed by atoms with Crippen molar-refractivity contribution in [3.05, 3.63) is 80.6 Å². The van der Waals surface area contributed by atoms with Gasteiger partial charge in [-0.25, -0.2) is 4.98 Å². The highest BCUT2D eigenvalue weighted by molar-refractivity contribution is 8.26. The Morgan fingerprint density at radius 2 is 1.85 bits per heavy atom. The second-order valence-corrected chi connectivity index (χ2v) is 10.8. The molecule has 1 aromatic carbocycles. The van der Waals surface area contributed by atoms with Crippen LogP contribution in [0.3, 0.4) is 0 Å². The molecule has 0 unspecified atom stereocenters. The van der Waals surface area contributed by atoms with Crippen molar-refractivity contribution in [1.82, 2.24) is 14.3 Å². The Balaban J connectivity index is 1.54. The molecule has 0 N–H and O–H groups in total. The summed E-state index contributed by atoms with van der Waals surface area (Å²) in [4.78, 5) is 35.7. The summed E-state index contributed by atoms with van der Waals surface area (Å²) in [6.07, 6.45) is 3.39. The molecule has 1 amide bonds. The van der Waals surface area contributed by atoms with Crippen molar-refractivity contribution in [3.63, 3.8) is 0 Å². The minimum absolute atomic E-state index is 0.178. The number of anilines is 1. The summed E-state index contributed by atoms with van der Waals surface area (Å²) in [5.41, 5.74) is 3.02. The van der Waals surface area contributed by atoms with Crippen molar-refractivity contribution >= 4 is 63.5 Å². The van der Waals surface area contributed by atoms with E-state index in [1.54, 1.807) is 23.2 Å². The van der Waals surface area contributed by atoms with Gasteiger partial charge in [0.1, 0.15) is 15.8 Å². The van der Waals surface area contributed by atoms with Crippen LogP contribution in [0, 0.1) is 6.92 Å². The van der Waals surface area contributed by atoms with Gasteiger partial charge in [-0.05, 0) is 30.7 Å². The third-order valence-corrected chi connectivity index (χ3v) is 7.99. The molecule has 0 saturated carbocycles. The SMILES string of the molecule is Cc1ccc(CN2C(=O)/C(=C/c3c(N4CCSCC4)nc4ccccn4c3=O)SC2=S)cc1. The summed E-state index contributed by atoms with van der Waals surface area (Å²) in [5, 5.41) is 0. The van der Waals surface area contributed by atoms with Gasteiger partial charge in [0.25, 0.3) is 11.5 Å². The summed E-state index contributed by atoms with van der Waals surface area (Å²) in [6.45, 7) is 4.07. The first kappa shape index (κ1) is 22.2. The van der Waals surface area contributed by atoms with Crippen LogP contribution in [0.1, 0.15) is 16.7 Å². The summed E-state index contributed by atoms with van der Waals surface area (Å²) < 4.78 is 2.03. The first-order chi connectivity index (χ1) is 16.0. The van der Waals surface area contributed by atoms with Crippen molar-refractivity contribution in [2.75, 3.05) is 29.5 Å². The van der Waals surface area contributed by atoms with Crippen LogP contribution in [0.2, 0.25) is 0 Å². The van der Waals surface area contributed by atoms with E-state index in [4.69, 9.17) is 17.2 Å². The van der Waals surface area contributed by atoms with Gasteiger partial charge in [-0.1, -0.05) is 59.9 Å². The molecule has 168 valence electrons. The number of pyridine rings is 1. The van der Waals surface area contributed by atoms with Crippen LogP contribution in [0.4, 0.5) is 5.82 Å². The Labute approximate surface area is 205 Å². The number of amides is 1. The Morgan fingerprint density at radius 1 is 1.09 bits per heavy atom. The average Bonchev–Trinajstić information content (AvgIpc) is 3.10. The van der Waals surface area contributed by atoms with Crippen molar-refractivity contribution in [3.8, 4) is 0 Å². The van der Waals surface area contributed by atoms with Crippen LogP contribution in [0.15, 0.2) is 58.4 Å². The van der Waals surface area contributed by atoms with Crippen molar-refractivity contribution in [2.24, 2.45) is 0 Å². The smallest absolute Gasteiger partial charge is 0.267 e. The molecule has 9 heteroatoms. The standard InChI is InChI=1S/C24H22N4O2S3/c1-16-5-7-17(8-6-16)15-28-23(30)19(33-24(28)31)14-18-21(26-10-12-32-13-11-26)25-20-4-2-3-9-27(20)22(18)29/h2-9,14H,10-13,15H2,1H3/b19-14-. The Bertz CT molecular complexity index is 1330. The number of benzene rings is 1. The van der Waals surface area contributed by atoms with Crippen LogP contribution < -0.4 is 10.5 Å². The maximum atomic E-state index is 13.5. The van der Waals surface area contributed by atoms with E-state index in [0.717, 1.165) is 35.7 Å². The van der Waals surface area contributed by atoms with Gasteiger partial charge in [0.2, 0.25) is 0 Å². The number of hydrogen-bond acceptors (Lipinski definition) is 7. The second-order valence-electron chi connectivity index (χ2n) is 7.94. The van der Waals surface area contributed by atoms with E-state index < -0.39 is 0 Å². The van der Waals surface area contributed by atoms with Gasteiger partial charge in [0.05, 0.1) is 17.0 Å². The third-order valence-electron chi connectivity index (χ3n) is 5.67. The van der Waals surface area contributed by atoms with Gasteiger partial charge in [-0.3, -0.25) is 18.9 Å². The number of aromatic nitrogens is 2. The zero-order chi connectivity index (χ0) is 22.9. The maximum absolute atomic E-state index is 13.5. The quantitative estimate of drug-likeness (QED) is 0.402. The molecule has 0 spiro atoms. The van der Waals surface area contributed by atoms with Crippen molar-refractivity contribution < 1.29 is 4.79 Å². The highest BCUT2D eigenvalue weighted by atomic mass is 32.2. The highest BCUT2D eigenvalue weighted by Crippen LogP contribution is 2.34. The Hall–Kier alpha value is -2.62. The first-order valence-electron chi connectivity index (χ1n) is 10.7. The Kier molecular flexibility index (Phi) is 6.27. The van der Waals surface area contributed by atoms with Crippen molar-refractivity contribution in [1.29, 1.82) is 0 Å². The van der Waals surface area contributed by atoms with Crippen LogP contribution in [0.5, 0.6) is 0 Å². The molecule has 2 aliphatic heterocycles. The fraction of sp³-hybridized carbons (Fsp3) is 0.250. The van der Waals surface area contributed by atoms with Crippen LogP contribution >= 0.6 is 35.7 Å². The molecule has 2 aliphatic rings. The van der Waals surface area contributed by atoms with Crippen LogP contribution in [-0.2, 0) is 11.3 Å². The van der Waals surface area contributed by atoms with E-state index in [9.17, 15) is 9.59 Å². The number of aryl methyl sites for hydroxylation is 1. The van der Waals surface area contributed by atoms with Gasteiger partial charge in [0, 0.05) is 30.8 Å². The average molecular weight is 495 g/mol. The first-order valence-corrected chi connectivity index (χ1v) is 13.0. The summed E-state index contributed by atoms with van der Waals surface area (Å²) in [5.74, 6) is 2.42. The molecule has 2 saturated heterocycles. The van der Waals surface area contributed by atoms with E-state index in [1.165, 1.54) is 16.2 Å². The lowest BCUT2D eigenvalue weighted by molar-refractivity contribution is -0.122. The van der Waals surface area contributed by atoms with Gasteiger partial charge < -0.3 is 4.90 Å². The molecular weight excluding hydrogens is 472 g/mol. The maximum Gasteiger partial charge on any atom is 0.267 e. The van der Waals surface area contributed by atoms with Gasteiger partial charge in [-0.15, -0.1) is 0 Å². The van der Waals surface area contributed by atoms with E-state index in [0.29, 0.717) is 32.8 Å². The molecule has 2 fully saturated rings. The molecule has 0 radical (unpaired) electrons. The predicted molar refractivity (Wildman–Crippen MR) is 141 cm³/mol. The normalized spacial score (nSPS) is 18.0. The number of hydrogen-bond donors (Lipinski definition) is 0. The summed E-state index contributed by atoms with van der Waals surface area (Å²) in [6, 6.07) is 13.6. The molecule has 0 aliphatic carbocycles. The molecule has 4 heterocycles. The molecule has 3 aromatic rings. The number of carbonyl (C=O) groups is 1. The molecule has 0 atom stereocenters. The minimum atomic E-state index is -0.183. The molecular formula is C24H22N4O2S3. The number of carbonyl (C=O) groups excluding carboxylic acids is 1. The number of thioether (sulfide) groups is 2. The minimum Gasteiger partial charge on any atom is -0.354 e. The number of nitrogens with zero attached hydrogens (tertiary/aromatic N) is 4. The van der Waals surface area contributed by atoms with Crippen molar-refractivity contribution in [2.45, 2.75) is 13.5 Å². The molecule has 5 rings (SSSR count). The molecule has 0 bridgehead atoms. The largest absolute Gasteiger partial charge is 0.354 e. The lowest BCUT2D eigenvalue weighted by Gasteiger charge is -2.28. The van der Waals surface area contributed by atoms with Gasteiger partial charge in [0.15, 0.2) is 0 Å². The molecule has 33 heavy (non-hydrogen) atoms. The van der Waals surface area contributed by atoms with E-state index >= 15 is 0 Å². The predicted octanol–water partition coefficient (Wildman–Crippen LogP) is 3.96. The van der Waals surface area contributed by atoms with E-state index in [-0.39, 0.29) is 11.5 Å². The highest BCUT2D eigenvalue weighted by Gasteiger charge is 2.33. The third kappa shape index (κ3) is 4.45. The number of fused-ring (bicyclic) bond motifs is 1. The van der Waals surface area contributed by atoms with Gasteiger partial charge >= 0.3 is 0 Å². The zero-order valence-corrected chi connectivity index (χ0v) is 20.5. The van der Waals surface area contributed by atoms with Crippen LogP contribution in [0.25, 0.3) is 11.7 Å². The topological polar surface area (TPSA) is 57.9 Å². The Morgan fingerprint density at radius 3 is 2.61 bits per heavy atom. The fourth-order valence-corrected chi connectivity index (χ4v) is 6.02. The zero-order valence-electron chi connectivity index (χ0n) is 18.1.